The molecule has 0 aliphatic carbocycles. The van der Waals surface area contributed by atoms with Crippen LogP contribution in [-0.4, -0.2) is 11.5 Å². The lowest BCUT2D eigenvalue weighted by molar-refractivity contribution is 0.865. The van der Waals surface area contributed by atoms with E-state index in [0.717, 1.165) is 18.2 Å². The molecule has 1 heterocycles. The summed E-state index contributed by atoms with van der Waals surface area (Å²) in [6, 6.07) is 14.7. The third-order valence-corrected chi connectivity index (χ3v) is 3.13. The van der Waals surface area contributed by atoms with Gasteiger partial charge in [-0.15, -0.1) is 0 Å². The minimum Gasteiger partial charge on any atom is -0.370 e. The third kappa shape index (κ3) is 3.47. The van der Waals surface area contributed by atoms with Gasteiger partial charge in [0.1, 0.15) is 11.6 Å². The second-order valence-corrected chi connectivity index (χ2v) is 4.66. The normalized spacial score (nSPS) is 11.9. The number of anilines is 2. The van der Waals surface area contributed by atoms with Crippen LogP contribution in [0, 0.1) is 6.92 Å². The molecule has 1 atom stereocenters. The number of hydrogen-bond donors (Lipinski definition) is 2. The SMILES string of the molecule is CCNc1cccc(NC(C)c2ccccc2C)n1. The largest absolute Gasteiger partial charge is 0.370 e. The van der Waals surface area contributed by atoms with Gasteiger partial charge in [0.2, 0.25) is 0 Å². The zero-order chi connectivity index (χ0) is 13.7. The van der Waals surface area contributed by atoms with E-state index in [2.05, 4.69) is 60.7 Å². The molecule has 2 rings (SSSR count). The minimum atomic E-state index is 0.241. The van der Waals surface area contributed by atoms with Crippen LogP contribution in [0.1, 0.15) is 31.0 Å². The molecular weight excluding hydrogens is 234 g/mol. The van der Waals surface area contributed by atoms with Crippen molar-refractivity contribution in [3.63, 3.8) is 0 Å². The summed E-state index contributed by atoms with van der Waals surface area (Å²) in [6.45, 7) is 7.24. The fourth-order valence-electron chi connectivity index (χ4n) is 2.17. The molecule has 1 unspecified atom stereocenters. The van der Waals surface area contributed by atoms with Crippen LogP contribution < -0.4 is 10.6 Å². The van der Waals surface area contributed by atoms with Gasteiger partial charge in [-0.3, -0.25) is 0 Å². The lowest BCUT2D eigenvalue weighted by Gasteiger charge is -2.17. The van der Waals surface area contributed by atoms with Gasteiger partial charge in [0, 0.05) is 6.54 Å². The lowest BCUT2D eigenvalue weighted by Crippen LogP contribution is -2.10. The Labute approximate surface area is 115 Å². The van der Waals surface area contributed by atoms with E-state index in [0.29, 0.717) is 0 Å². The van der Waals surface area contributed by atoms with Crippen molar-refractivity contribution >= 4 is 11.6 Å². The molecule has 3 heteroatoms. The van der Waals surface area contributed by atoms with Crippen molar-refractivity contribution in [1.29, 1.82) is 0 Å². The number of aryl methyl sites for hydroxylation is 1. The molecule has 3 nitrogen and oxygen atoms in total. The molecule has 0 aliphatic heterocycles. The molecule has 0 fully saturated rings. The van der Waals surface area contributed by atoms with E-state index in [1.807, 2.05) is 18.2 Å². The molecule has 0 saturated carbocycles. The predicted molar refractivity (Wildman–Crippen MR) is 81.6 cm³/mol. The summed E-state index contributed by atoms with van der Waals surface area (Å²) >= 11 is 0. The number of hydrogen-bond acceptors (Lipinski definition) is 3. The fraction of sp³-hybridized carbons (Fsp3) is 0.312. The Balaban J connectivity index is 2.12. The first-order chi connectivity index (χ1) is 9.20. The summed E-state index contributed by atoms with van der Waals surface area (Å²) in [4.78, 5) is 4.54. The van der Waals surface area contributed by atoms with Gasteiger partial charge in [0.15, 0.2) is 0 Å². The Morgan fingerprint density at radius 1 is 1.05 bits per heavy atom. The van der Waals surface area contributed by atoms with E-state index in [4.69, 9.17) is 0 Å². The number of benzene rings is 1. The van der Waals surface area contributed by atoms with Crippen molar-refractivity contribution in [3.05, 3.63) is 53.6 Å². The van der Waals surface area contributed by atoms with Crippen LogP contribution in [0.4, 0.5) is 11.6 Å². The standard InChI is InChI=1S/C16H21N3/c1-4-17-15-10-7-11-16(19-15)18-13(3)14-9-6-5-8-12(14)2/h5-11,13H,4H2,1-3H3,(H2,17,18,19). The second kappa shape index (κ2) is 6.23. The highest BCUT2D eigenvalue weighted by atomic mass is 15.1. The van der Waals surface area contributed by atoms with E-state index in [1.54, 1.807) is 0 Å². The quantitative estimate of drug-likeness (QED) is 0.848. The van der Waals surface area contributed by atoms with Gasteiger partial charge in [-0.25, -0.2) is 4.98 Å². The van der Waals surface area contributed by atoms with Crippen LogP contribution in [0.5, 0.6) is 0 Å². The topological polar surface area (TPSA) is 37.0 Å². The molecule has 2 aromatic rings. The summed E-state index contributed by atoms with van der Waals surface area (Å²) in [5.74, 6) is 1.80. The average Bonchev–Trinajstić information content (AvgIpc) is 2.40. The van der Waals surface area contributed by atoms with Gasteiger partial charge >= 0.3 is 0 Å². The zero-order valence-corrected chi connectivity index (χ0v) is 11.8. The van der Waals surface area contributed by atoms with Gasteiger partial charge in [0.25, 0.3) is 0 Å². The minimum absolute atomic E-state index is 0.241. The maximum atomic E-state index is 4.54. The van der Waals surface area contributed by atoms with E-state index in [9.17, 15) is 0 Å². The predicted octanol–water partition coefficient (Wildman–Crippen LogP) is 3.99. The molecule has 1 aromatic heterocycles. The first-order valence-electron chi connectivity index (χ1n) is 6.73. The van der Waals surface area contributed by atoms with Gasteiger partial charge in [-0.2, -0.15) is 0 Å². The summed E-state index contributed by atoms with van der Waals surface area (Å²) in [5, 5.41) is 6.67. The maximum absolute atomic E-state index is 4.54. The summed E-state index contributed by atoms with van der Waals surface area (Å²) < 4.78 is 0. The maximum Gasteiger partial charge on any atom is 0.128 e. The molecule has 0 spiro atoms. The fourth-order valence-corrected chi connectivity index (χ4v) is 2.17. The van der Waals surface area contributed by atoms with E-state index >= 15 is 0 Å². The zero-order valence-electron chi connectivity index (χ0n) is 11.8. The van der Waals surface area contributed by atoms with Crippen molar-refractivity contribution in [2.75, 3.05) is 17.2 Å². The van der Waals surface area contributed by atoms with Gasteiger partial charge in [-0.05, 0) is 44.0 Å². The molecule has 0 saturated heterocycles. The van der Waals surface area contributed by atoms with Crippen molar-refractivity contribution < 1.29 is 0 Å². The Morgan fingerprint density at radius 3 is 2.53 bits per heavy atom. The highest BCUT2D eigenvalue weighted by Gasteiger charge is 2.08. The smallest absolute Gasteiger partial charge is 0.128 e. The highest BCUT2D eigenvalue weighted by molar-refractivity contribution is 5.47. The van der Waals surface area contributed by atoms with Crippen molar-refractivity contribution in [2.45, 2.75) is 26.8 Å². The first kappa shape index (κ1) is 13.4. The molecule has 1 aromatic carbocycles. The van der Waals surface area contributed by atoms with E-state index in [-0.39, 0.29) is 6.04 Å². The average molecular weight is 255 g/mol. The van der Waals surface area contributed by atoms with Crippen LogP contribution in [0.25, 0.3) is 0 Å². The molecule has 2 N–H and O–H groups in total. The van der Waals surface area contributed by atoms with E-state index in [1.165, 1.54) is 11.1 Å². The van der Waals surface area contributed by atoms with E-state index < -0.39 is 0 Å². The second-order valence-electron chi connectivity index (χ2n) is 4.66. The number of aromatic nitrogens is 1. The Morgan fingerprint density at radius 2 is 1.79 bits per heavy atom. The molecule has 0 amide bonds. The van der Waals surface area contributed by atoms with Crippen molar-refractivity contribution in [3.8, 4) is 0 Å². The molecule has 100 valence electrons. The Hall–Kier alpha value is -2.03. The monoisotopic (exact) mass is 255 g/mol. The first-order valence-corrected chi connectivity index (χ1v) is 6.73. The molecule has 0 aliphatic rings. The lowest BCUT2D eigenvalue weighted by atomic mass is 10.0. The Kier molecular flexibility index (Phi) is 4.39. The number of nitrogens with zero attached hydrogens (tertiary/aromatic N) is 1. The Bertz CT molecular complexity index is 537. The summed E-state index contributed by atoms with van der Waals surface area (Å²) in [6.07, 6.45) is 0. The molecule has 0 bridgehead atoms. The summed E-state index contributed by atoms with van der Waals surface area (Å²) in [5.41, 5.74) is 2.60. The number of rotatable bonds is 5. The van der Waals surface area contributed by atoms with Crippen LogP contribution in [0.15, 0.2) is 42.5 Å². The van der Waals surface area contributed by atoms with Gasteiger partial charge < -0.3 is 10.6 Å². The van der Waals surface area contributed by atoms with Crippen LogP contribution in [0.2, 0.25) is 0 Å². The van der Waals surface area contributed by atoms with Crippen LogP contribution in [-0.2, 0) is 0 Å². The van der Waals surface area contributed by atoms with Crippen LogP contribution >= 0.6 is 0 Å². The molecule has 19 heavy (non-hydrogen) atoms. The molecular formula is C16H21N3. The number of pyridine rings is 1. The van der Waals surface area contributed by atoms with Gasteiger partial charge in [0.05, 0.1) is 6.04 Å². The summed E-state index contributed by atoms with van der Waals surface area (Å²) in [7, 11) is 0. The van der Waals surface area contributed by atoms with Crippen molar-refractivity contribution in [2.24, 2.45) is 0 Å². The van der Waals surface area contributed by atoms with Gasteiger partial charge in [-0.1, -0.05) is 30.3 Å². The highest BCUT2D eigenvalue weighted by Crippen LogP contribution is 2.21. The molecule has 0 radical (unpaired) electrons. The number of nitrogens with one attached hydrogen (secondary N) is 2. The van der Waals surface area contributed by atoms with Crippen molar-refractivity contribution in [1.82, 2.24) is 4.98 Å². The van der Waals surface area contributed by atoms with Crippen LogP contribution in [0.3, 0.4) is 0 Å². The third-order valence-electron chi connectivity index (χ3n) is 3.13.